The highest BCUT2D eigenvalue weighted by Gasteiger charge is 2.18. The second kappa shape index (κ2) is 6.08. The van der Waals surface area contributed by atoms with E-state index in [1.807, 2.05) is 12.1 Å². The van der Waals surface area contributed by atoms with Crippen LogP contribution in [0.4, 0.5) is 0 Å². The number of nitrogens with one attached hydrogen (secondary N) is 2. The number of nitrogens with zero attached hydrogens (tertiary/aromatic N) is 2. The van der Waals surface area contributed by atoms with Gasteiger partial charge in [-0.05, 0) is 18.1 Å². The highest BCUT2D eigenvalue weighted by atomic mass is 32.2. The number of hydrogen-bond donors (Lipinski definition) is 2. The Balaban J connectivity index is 1.42. The Morgan fingerprint density at radius 3 is 3.26 bits per heavy atom. The second-order valence-electron chi connectivity index (χ2n) is 4.41. The zero-order valence-electron chi connectivity index (χ0n) is 10.5. The lowest BCUT2D eigenvalue weighted by Gasteiger charge is -2.26. The van der Waals surface area contributed by atoms with E-state index in [-0.39, 0.29) is 0 Å². The Morgan fingerprint density at radius 1 is 1.42 bits per heavy atom. The summed E-state index contributed by atoms with van der Waals surface area (Å²) in [6.07, 6.45) is 2.56. The number of hydrogen-bond acceptors (Lipinski definition) is 5. The van der Waals surface area contributed by atoms with Crippen LogP contribution in [-0.2, 0) is 6.42 Å². The topological polar surface area (TPSA) is 62.8 Å². The SMILES string of the molecule is c1ccc2c(c1)CC(NCCSc1ncn[nH]1)CO2. The lowest BCUT2D eigenvalue weighted by molar-refractivity contribution is 0.241. The summed E-state index contributed by atoms with van der Waals surface area (Å²) in [4.78, 5) is 4.07. The van der Waals surface area contributed by atoms with Gasteiger partial charge in [-0.25, -0.2) is 4.98 Å². The Hall–Kier alpha value is -1.53. The zero-order valence-corrected chi connectivity index (χ0v) is 11.3. The molecule has 2 aromatic rings. The first kappa shape index (κ1) is 12.5. The summed E-state index contributed by atoms with van der Waals surface area (Å²) in [5, 5.41) is 11.0. The lowest BCUT2D eigenvalue weighted by Crippen LogP contribution is -2.40. The van der Waals surface area contributed by atoms with Gasteiger partial charge < -0.3 is 10.1 Å². The van der Waals surface area contributed by atoms with Gasteiger partial charge in [-0.2, -0.15) is 5.10 Å². The summed E-state index contributed by atoms with van der Waals surface area (Å²) in [5.41, 5.74) is 1.29. The van der Waals surface area contributed by atoms with Crippen LogP contribution in [0.2, 0.25) is 0 Å². The van der Waals surface area contributed by atoms with Crippen molar-refractivity contribution in [1.82, 2.24) is 20.5 Å². The first-order chi connectivity index (χ1) is 9.42. The van der Waals surface area contributed by atoms with Crippen LogP contribution >= 0.6 is 11.8 Å². The molecule has 0 saturated carbocycles. The molecule has 0 bridgehead atoms. The van der Waals surface area contributed by atoms with E-state index >= 15 is 0 Å². The van der Waals surface area contributed by atoms with Gasteiger partial charge >= 0.3 is 0 Å². The maximum Gasteiger partial charge on any atom is 0.183 e. The fourth-order valence-electron chi connectivity index (χ4n) is 2.13. The summed E-state index contributed by atoms with van der Waals surface area (Å²) in [5.74, 6) is 1.99. The van der Waals surface area contributed by atoms with Crippen molar-refractivity contribution in [3.05, 3.63) is 36.2 Å². The molecule has 6 heteroatoms. The number of thioether (sulfide) groups is 1. The van der Waals surface area contributed by atoms with Crippen molar-refractivity contribution >= 4 is 11.8 Å². The standard InChI is InChI=1S/C13H16N4OS/c1-2-4-12-10(3-1)7-11(8-18-12)14-5-6-19-13-15-9-16-17-13/h1-4,9,11,14H,5-8H2,(H,15,16,17). The number of aromatic amines is 1. The molecule has 0 fully saturated rings. The minimum absolute atomic E-state index is 0.394. The molecule has 0 amide bonds. The molecule has 19 heavy (non-hydrogen) atoms. The fraction of sp³-hybridized carbons (Fsp3) is 0.385. The van der Waals surface area contributed by atoms with Gasteiger partial charge in [-0.1, -0.05) is 30.0 Å². The quantitative estimate of drug-likeness (QED) is 0.640. The summed E-state index contributed by atoms with van der Waals surface area (Å²) in [7, 11) is 0. The number of rotatable bonds is 5. The van der Waals surface area contributed by atoms with E-state index < -0.39 is 0 Å². The second-order valence-corrected chi connectivity index (χ2v) is 5.50. The molecule has 0 aliphatic carbocycles. The van der Waals surface area contributed by atoms with E-state index in [4.69, 9.17) is 4.74 Å². The average molecular weight is 276 g/mol. The molecule has 2 heterocycles. The minimum atomic E-state index is 0.394. The molecule has 0 spiro atoms. The first-order valence-electron chi connectivity index (χ1n) is 6.34. The van der Waals surface area contributed by atoms with Crippen LogP contribution in [0.15, 0.2) is 35.7 Å². The Labute approximate surface area is 116 Å². The van der Waals surface area contributed by atoms with Gasteiger partial charge in [0.2, 0.25) is 0 Å². The van der Waals surface area contributed by atoms with Crippen LogP contribution in [0.5, 0.6) is 5.75 Å². The average Bonchev–Trinajstić information content (AvgIpc) is 2.97. The molecule has 0 radical (unpaired) electrons. The van der Waals surface area contributed by atoms with Gasteiger partial charge in [0.15, 0.2) is 5.16 Å². The van der Waals surface area contributed by atoms with Crippen LogP contribution in [0, 0.1) is 0 Å². The van der Waals surface area contributed by atoms with Gasteiger partial charge in [0.1, 0.15) is 18.7 Å². The number of benzene rings is 1. The van der Waals surface area contributed by atoms with Crippen LogP contribution in [0.3, 0.4) is 0 Å². The lowest BCUT2D eigenvalue weighted by atomic mass is 10.0. The van der Waals surface area contributed by atoms with E-state index in [0.717, 1.165) is 36.2 Å². The van der Waals surface area contributed by atoms with Crippen LogP contribution in [0.25, 0.3) is 0 Å². The van der Waals surface area contributed by atoms with E-state index in [0.29, 0.717) is 6.04 Å². The Bertz CT molecular complexity index is 517. The predicted molar refractivity (Wildman–Crippen MR) is 74.5 cm³/mol. The van der Waals surface area contributed by atoms with Crippen molar-refractivity contribution in [3.8, 4) is 5.75 Å². The molecule has 100 valence electrons. The molecule has 1 unspecified atom stereocenters. The maximum atomic E-state index is 5.74. The third kappa shape index (κ3) is 3.27. The van der Waals surface area contributed by atoms with Crippen LogP contribution < -0.4 is 10.1 Å². The third-order valence-electron chi connectivity index (χ3n) is 3.05. The molecule has 5 nitrogen and oxygen atoms in total. The van der Waals surface area contributed by atoms with Crippen molar-refractivity contribution in [3.63, 3.8) is 0 Å². The molecular weight excluding hydrogens is 260 g/mol. The monoisotopic (exact) mass is 276 g/mol. The minimum Gasteiger partial charge on any atom is -0.492 e. The van der Waals surface area contributed by atoms with Crippen LogP contribution in [-0.4, -0.2) is 40.1 Å². The van der Waals surface area contributed by atoms with E-state index in [9.17, 15) is 0 Å². The van der Waals surface area contributed by atoms with Gasteiger partial charge in [-0.3, -0.25) is 5.10 Å². The number of H-pyrrole nitrogens is 1. The first-order valence-corrected chi connectivity index (χ1v) is 7.32. The van der Waals surface area contributed by atoms with Crippen molar-refractivity contribution < 1.29 is 4.74 Å². The number of para-hydroxylation sites is 1. The fourth-order valence-corrected chi connectivity index (χ4v) is 2.79. The number of fused-ring (bicyclic) bond motifs is 1. The zero-order chi connectivity index (χ0) is 12.9. The highest BCUT2D eigenvalue weighted by molar-refractivity contribution is 7.99. The molecular formula is C13H16N4OS. The van der Waals surface area contributed by atoms with E-state index in [1.165, 1.54) is 11.9 Å². The van der Waals surface area contributed by atoms with Crippen molar-refractivity contribution in [2.75, 3.05) is 18.9 Å². The Morgan fingerprint density at radius 2 is 2.37 bits per heavy atom. The van der Waals surface area contributed by atoms with Gasteiger partial charge in [0, 0.05) is 18.3 Å². The van der Waals surface area contributed by atoms with Gasteiger partial charge in [0.25, 0.3) is 0 Å². The summed E-state index contributed by atoms with van der Waals surface area (Å²) < 4.78 is 5.74. The Kier molecular flexibility index (Phi) is 4.00. The molecule has 1 aromatic carbocycles. The van der Waals surface area contributed by atoms with Gasteiger partial charge in [-0.15, -0.1) is 0 Å². The summed E-state index contributed by atoms with van der Waals surface area (Å²) in [6.45, 7) is 1.67. The predicted octanol–water partition coefficient (Wildman–Crippen LogP) is 1.49. The molecule has 3 rings (SSSR count). The third-order valence-corrected chi connectivity index (χ3v) is 3.92. The highest BCUT2D eigenvalue weighted by Crippen LogP contribution is 2.23. The number of aromatic nitrogens is 3. The molecule has 1 aromatic heterocycles. The van der Waals surface area contributed by atoms with Crippen molar-refractivity contribution in [2.24, 2.45) is 0 Å². The number of ether oxygens (including phenoxy) is 1. The molecule has 2 N–H and O–H groups in total. The van der Waals surface area contributed by atoms with E-state index in [1.54, 1.807) is 11.8 Å². The molecule has 1 aliphatic rings. The van der Waals surface area contributed by atoms with Crippen LogP contribution in [0.1, 0.15) is 5.56 Å². The molecule has 0 saturated heterocycles. The maximum absolute atomic E-state index is 5.74. The molecule has 1 aliphatic heterocycles. The van der Waals surface area contributed by atoms with Crippen molar-refractivity contribution in [1.29, 1.82) is 0 Å². The largest absolute Gasteiger partial charge is 0.492 e. The summed E-state index contributed by atoms with van der Waals surface area (Å²) in [6, 6.07) is 8.63. The van der Waals surface area contributed by atoms with Crippen molar-refractivity contribution in [2.45, 2.75) is 17.6 Å². The normalized spacial score (nSPS) is 17.8. The van der Waals surface area contributed by atoms with E-state index in [2.05, 4.69) is 32.6 Å². The summed E-state index contributed by atoms with van der Waals surface area (Å²) >= 11 is 1.67. The molecule has 1 atom stereocenters. The smallest absolute Gasteiger partial charge is 0.183 e. The van der Waals surface area contributed by atoms with Gasteiger partial charge in [0.05, 0.1) is 0 Å².